The molecular weight excluding hydrogens is 372 g/mol. The smallest absolute Gasteiger partial charge is 0.255 e. The molecule has 2 aliphatic rings. The minimum atomic E-state index is -0.118. The molecule has 0 radical (unpaired) electrons. The van der Waals surface area contributed by atoms with Crippen LogP contribution in [-0.4, -0.2) is 42.0 Å². The molecule has 1 aromatic heterocycles. The van der Waals surface area contributed by atoms with E-state index in [0.717, 1.165) is 11.8 Å². The second-order valence-corrected chi connectivity index (χ2v) is 9.57. The van der Waals surface area contributed by atoms with E-state index in [9.17, 15) is 4.79 Å². The molecule has 2 fully saturated rings. The van der Waals surface area contributed by atoms with Gasteiger partial charge in [-0.3, -0.25) is 4.79 Å². The summed E-state index contributed by atoms with van der Waals surface area (Å²) in [7, 11) is 0. The molecule has 1 saturated carbocycles. The normalized spacial score (nSPS) is 17.9. The van der Waals surface area contributed by atoms with Gasteiger partial charge in [-0.05, 0) is 75.7 Å². The van der Waals surface area contributed by atoms with Gasteiger partial charge in [0.2, 0.25) is 0 Å². The first-order valence-electron chi connectivity index (χ1n) is 12.4. The maximum absolute atomic E-state index is 12.0. The van der Waals surface area contributed by atoms with E-state index in [1.54, 1.807) is 18.3 Å². The van der Waals surface area contributed by atoms with E-state index in [-0.39, 0.29) is 5.91 Å². The van der Waals surface area contributed by atoms with Gasteiger partial charge in [0, 0.05) is 12.7 Å². The van der Waals surface area contributed by atoms with E-state index in [4.69, 9.17) is 5.73 Å². The van der Waals surface area contributed by atoms with E-state index in [1.165, 1.54) is 103 Å². The third-order valence-electron chi connectivity index (χ3n) is 7.14. The Bertz CT molecular complexity index is 634. The highest BCUT2D eigenvalue weighted by molar-refractivity contribution is 5.98. The molecule has 168 valence electrons. The number of hydrogen-bond acceptors (Lipinski definition) is 4. The molecule has 0 unspecified atom stereocenters. The molecule has 0 aromatic carbocycles. The Morgan fingerprint density at radius 2 is 1.53 bits per heavy atom. The van der Waals surface area contributed by atoms with Gasteiger partial charge in [0.25, 0.3) is 5.91 Å². The third kappa shape index (κ3) is 7.90. The minimum Gasteiger partial charge on any atom is -0.383 e. The van der Waals surface area contributed by atoms with Crippen molar-refractivity contribution in [3.8, 4) is 0 Å². The van der Waals surface area contributed by atoms with Gasteiger partial charge in [-0.1, -0.05) is 51.4 Å². The first kappa shape index (κ1) is 23.1. The van der Waals surface area contributed by atoms with E-state index in [2.05, 4.69) is 15.2 Å². The van der Waals surface area contributed by atoms with E-state index in [1.807, 2.05) is 0 Å². The van der Waals surface area contributed by atoms with Crippen LogP contribution in [0.25, 0.3) is 0 Å². The van der Waals surface area contributed by atoms with Gasteiger partial charge >= 0.3 is 0 Å². The van der Waals surface area contributed by atoms with Crippen molar-refractivity contribution in [2.24, 2.45) is 5.41 Å². The lowest BCUT2D eigenvalue weighted by Gasteiger charge is -2.32. The quantitative estimate of drug-likeness (QED) is 0.412. The Balaban J connectivity index is 1.05. The number of nitrogens with zero attached hydrogens (tertiary/aromatic N) is 2. The van der Waals surface area contributed by atoms with Crippen LogP contribution in [0.3, 0.4) is 0 Å². The SMILES string of the molecule is Nc1ncccc1C(=O)NCCCCCCCCCCCCN1CCC2(CC1)CC2. The summed E-state index contributed by atoms with van der Waals surface area (Å²) in [6.45, 7) is 4.77. The number of aromatic nitrogens is 1. The Kier molecular flexibility index (Phi) is 9.44. The molecule has 5 nitrogen and oxygen atoms in total. The summed E-state index contributed by atoms with van der Waals surface area (Å²) in [5.41, 5.74) is 7.02. The number of nitrogens with one attached hydrogen (secondary N) is 1. The zero-order chi connectivity index (χ0) is 21.1. The van der Waals surface area contributed by atoms with Crippen molar-refractivity contribution in [2.75, 3.05) is 31.9 Å². The predicted molar refractivity (Wildman–Crippen MR) is 124 cm³/mol. The van der Waals surface area contributed by atoms with Gasteiger partial charge in [-0.15, -0.1) is 0 Å². The maximum Gasteiger partial charge on any atom is 0.255 e. The molecule has 3 rings (SSSR count). The lowest BCUT2D eigenvalue weighted by Crippen LogP contribution is -2.35. The highest BCUT2D eigenvalue weighted by atomic mass is 16.1. The average molecular weight is 415 g/mol. The van der Waals surface area contributed by atoms with Crippen molar-refractivity contribution in [1.82, 2.24) is 15.2 Å². The Morgan fingerprint density at radius 3 is 2.13 bits per heavy atom. The number of nitrogens with two attached hydrogens (primary N) is 1. The zero-order valence-electron chi connectivity index (χ0n) is 18.8. The first-order chi connectivity index (χ1) is 14.7. The van der Waals surface area contributed by atoms with Gasteiger partial charge < -0.3 is 16.0 Å². The molecule has 5 heteroatoms. The predicted octanol–water partition coefficient (Wildman–Crippen LogP) is 5.17. The summed E-state index contributed by atoms with van der Waals surface area (Å²) in [4.78, 5) is 18.7. The van der Waals surface area contributed by atoms with Crippen molar-refractivity contribution >= 4 is 11.7 Å². The fourth-order valence-electron chi connectivity index (χ4n) is 4.71. The van der Waals surface area contributed by atoms with E-state index in [0.29, 0.717) is 17.9 Å². The highest BCUT2D eigenvalue weighted by Gasteiger charge is 2.44. The van der Waals surface area contributed by atoms with E-state index < -0.39 is 0 Å². The Labute approximate surface area is 183 Å². The van der Waals surface area contributed by atoms with Gasteiger partial charge in [0.15, 0.2) is 0 Å². The Morgan fingerprint density at radius 1 is 0.933 bits per heavy atom. The molecule has 3 N–H and O–H groups in total. The number of hydrogen-bond donors (Lipinski definition) is 2. The average Bonchev–Trinajstić information content (AvgIpc) is 3.52. The van der Waals surface area contributed by atoms with Crippen molar-refractivity contribution in [2.45, 2.75) is 89.9 Å². The molecule has 0 atom stereocenters. The number of piperidine rings is 1. The van der Waals surface area contributed by atoms with Crippen LogP contribution in [-0.2, 0) is 0 Å². The summed E-state index contributed by atoms with van der Waals surface area (Å²) in [5, 5.41) is 2.94. The number of unbranched alkanes of at least 4 members (excludes halogenated alkanes) is 9. The van der Waals surface area contributed by atoms with Crippen LogP contribution < -0.4 is 11.1 Å². The van der Waals surface area contributed by atoms with Crippen LogP contribution >= 0.6 is 0 Å². The van der Waals surface area contributed by atoms with Gasteiger partial charge in [-0.25, -0.2) is 4.98 Å². The lowest BCUT2D eigenvalue weighted by molar-refractivity contribution is 0.0953. The van der Waals surface area contributed by atoms with Crippen molar-refractivity contribution in [3.63, 3.8) is 0 Å². The van der Waals surface area contributed by atoms with Crippen LogP contribution in [0.4, 0.5) is 5.82 Å². The lowest BCUT2D eigenvalue weighted by atomic mass is 9.93. The molecule has 1 aliphatic heterocycles. The zero-order valence-corrected chi connectivity index (χ0v) is 18.8. The van der Waals surface area contributed by atoms with E-state index >= 15 is 0 Å². The molecule has 1 amide bonds. The number of nitrogen functional groups attached to an aromatic ring is 1. The van der Waals surface area contributed by atoms with Crippen LogP contribution in [0.5, 0.6) is 0 Å². The number of carbonyl (C=O) groups is 1. The second kappa shape index (κ2) is 12.3. The number of likely N-dealkylation sites (tertiary alicyclic amines) is 1. The van der Waals surface area contributed by atoms with Crippen molar-refractivity contribution < 1.29 is 4.79 Å². The molecule has 1 aromatic rings. The largest absolute Gasteiger partial charge is 0.383 e. The standard InChI is InChI=1S/C25H42N4O/c26-23-22(12-11-18-27-23)24(30)28-17-9-7-5-3-1-2-4-6-8-10-19-29-20-15-25(13-14-25)16-21-29/h11-12,18H,1-10,13-17,19-21H2,(H2,26,27)(H,28,30). The van der Waals surface area contributed by atoms with Crippen LogP contribution in [0.15, 0.2) is 18.3 Å². The summed E-state index contributed by atoms with van der Waals surface area (Å²) in [6.07, 6.45) is 20.7. The summed E-state index contributed by atoms with van der Waals surface area (Å²) < 4.78 is 0. The second-order valence-electron chi connectivity index (χ2n) is 9.57. The molecule has 1 aliphatic carbocycles. The number of pyridine rings is 1. The van der Waals surface area contributed by atoms with Gasteiger partial charge in [0.1, 0.15) is 5.82 Å². The number of rotatable bonds is 14. The number of carbonyl (C=O) groups excluding carboxylic acids is 1. The maximum atomic E-state index is 12.0. The molecular formula is C25H42N4O. The fourth-order valence-corrected chi connectivity index (χ4v) is 4.71. The molecule has 1 spiro atoms. The minimum absolute atomic E-state index is 0.118. The van der Waals surface area contributed by atoms with Crippen LogP contribution in [0, 0.1) is 5.41 Å². The first-order valence-corrected chi connectivity index (χ1v) is 12.4. The van der Waals surface area contributed by atoms with Gasteiger partial charge in [-0.2, -0.15) is 0 Å². The molecule has 0 bridgehead atoms. The van der Waals surface area contributed by atoms with Crippen LogP contribution in [0.1, 0.15) is 100 Å². The topological polar surface area (TPSA) is 71.2 Å². The molecule has 2 heterocycles. The summed E-state index contributed by atoms with van der Waals surface area (Å²) >= 11 is 0. The molecule has 30 heavy (non-hydrogen) atoms. The molecule has 1 saturated heterocycles. The summed E-state index contributed by atoms with van der Waals surface area (Å²) in [6, 6.07) is 3.46. The fraction of sp³-hybridized carbons (Fsp3) is 0.760. The van der Waals surface area contributed by atoms with Crippen molar-refractivity contribution in [3.05, 3.63) is 23.9 Å². The monoisotopic (exact) mass is 414 g/mol. The Hall–Kier alpha value is -1.62. The third-order valence-corrected chi connectivity index (χ3v) is 7.14. The highest BCUT2D eigenvalue weighted by Crippen LogP contribution is 2.53. The van der Waals surface area contributed by atoms with Crippen molar-refractivity contribution in [1.29, 1.82) is 0 Å². The number of anilines is 1. The van der Waals surface area contributed by atoms with Crippen LogP contribution in [0.2, 0.25) is 0 Å². The number of amides is 1. The van der Waals surface area contributed by atoms with Gasteiger partial charge in [0.05, 0.1) is 5.56 Å². The summed E-state index contributed by atoms with van der Waals surface area (Å²) in [5.74, 6) is 0.181.